The number of amides is 1. The molecule has 1 amide bonds. The number of nitrogens with zero attached hydrogens (tertiary/aromatic N) is 1. The molecule has 0 saturated heterocycles. The van der Waals surface area contributed by atoms with Crippen molar-refractivity contribution in [3.63, 3.8) is 0 Å². The van der Waals surface area contributed by atoms with Crippen LogP contribution in [0.4, 0.5) is 13.2 Å². The topological polar surface area (TPSA) is 88.5 Å². The van der Waals surface area contributed by atoms with Crippen LogP contribution in [-0.4, -0.2) is 40.8 Å². The Hall–Kier alpha value is -2.58. The number of aliphatic carboxylic acids is 1. The fourth-order valence-corrected chi connectivity index (χ4v) is 1.54. The number of nitrogens with one attached hydrogen (secondary N) is 1. The molecule has 126 valence electrons. The molecule has 1 aromatic heterocycles. The van der Waals surface area contributed by atoms with Gasteiger partial charge in [-0.15, -0.1) is 6.58 Å². The van der Waals surface area contributed by atoms with Gasteiger partial charge < -0.3 is 15.2 Å². The van der Waals surface area contributed by atoms with Crippen LogP contribution in [0.3, 0.4) is 0 Å². The molecular weight excluding hydrogens is 317 g/mol. The molecule has 0 aliphatic rings. The predicted molar refractivity (Wildman–Crippen MR) is 74.1 cm³/mol. The van der Waals surface area contributed by atoms with Gasteiger partial charge in [0, 0.05) is 12.3 Å². The van der Waals surface area contributed by atoms with Gasteiger partial charge in [-0.3, -0.25) is 4.79 Å². The summed E-state index contributed by atoms with van der Waals surface area (Å²) < 4.78 is 40.4. The Bertz CT molecular complexity index is 558. The smallest absolute Gasteiger partial charge is 0.422 e. The number of carbonyl (C=O) groups is 2. The number of aromatic nitrogens is 1. The van der Waals surface area contributed by atoms with E-state index >= 15 is 0 Å². The second kappa shape index (κ2) is 8.16. The minimum Gasteiger partial charge on any atom is -0.480 e. The van der Waals surface area contributed by atoms with Gasteiger partial charge in [-0.2, -0.15) is 13.2 Å². The van der Waals surface area contributed by atoms with E-state index < -0.39 is 30.7 Å². The zero-order valence-corrected chi connectivity index (χ0v) is 12.0. The van der Waals surface area contributed by atoms with Crippen LogP contribution in [0.2, 0.25) is 0 Å². The van der Waals surface area contributed by atoms with Gasteiger partial charge in [0.2, 0.25) is 5.88 Å². The molecule has 0 bridgehead atoms. The van der Waals surface area contributed by atoms with Gasteiger partial charge in [0.25, 0.3) is 5.91 Å². The lowest BCUT2D eigenvalue weighted by atomic mass is 10.1. The van der Waals surface area contributed by atoms with Gasteiger partial charge in [-0.25, -0.2) is 9.78 Å². The highest BCUT2D eigenvalue weighted by atomic mass is 19.4. The monoisotopic (exact) mass is 332 g/mol. The highest BCUT2D eigenvalue weighted by molar-refractivity contribution is 5.96. The van der Waals surface area contributed by atoms with Crippen molar-refractivity contribution in [3.05, 3.63) is 36.5 Å². The Morgan fingerprint density at radius 1 is 1.43 bits per heavy atom. The highest BCUT2D eigenvalue weighted by Gasteiger charge is 2.28. The van der Waals surface area contributed by atoms with Crippen molar-refractivity contribution in [1.82, 2.24) is 10.3 Å². The Balaban J connectivity index is 2.65. The standard InChI is InChI=1S/C14H15F3N2O4/c1-2-3-4-10(13(21)22)19-12(20)9-5-6-11(18-7-9)23-8-14(15,16)17/h2,5-7,10H,1,3-4,8H2,(H,19,20)(H,21,22). The number of carboxylic acids is 1. The van der Waals surface area contributed by atoms with E-state index in [1.54, 1.807) is 0 Å². The summed E-state index contributed by atoms with van der Waals surface area (Å²) in [6.45, 7) is 1.97. The van der Waals surface area contributed by atoms with Crippen LogP contribution in [0.5, 0.6) is 5.88 Å². The largest absolute Gasteiger partial charge is 0.480 e. The number of halogens is 3. The van der Waals surface area contributed by atoms with Crippen LogP contribution in [0.1, 0.15) is 23.2 Å². The first-order valence-electron chi connectivity index (χ1n) is 6.53. The van der Waals surface area contributed by atoms with Crippen molar-refractivity contribution in [3.8, 4) is 5.88 Å². The van der Waals surface area contributed by atoms with Crippen LogP contribution in [0.25, 0.3) is 0 Å². The second-order valence-electron chi connectivity index (χ2n) is 4.52. The zero-order valence-electron chi connectivity index (χ0n) is 12.0. The molecule has 23 heavy (non-hydrogen) atoms. The average molecular weight is 332 g/mol. The highest BCUT2D eigenvalue weighted by Crippen LogP contribution is 2.17. The molecule has 6 nitrogen and oxygen atoms in total. The molecule has 0 aliphatic carbocycles. The summed E-state index contributed by atoms with van der Waals surface area (Å²) >= 11 is 0. The number of hydrogen-bond donors (Lipinski definition) is 2. The number of hydrogen-bond acceptors (Lipinski definition) is 4. The molecule has 0 aromatic carbocycles. The number of ether oxygens (including phenoxy) is 1. The minimum absolute atomic E-state index is 0.00853. The Morgan fingerprint density at radius 2 is 2.13 bits per heavy atom. The third-order valence-electron chi connectivity index (χ3n) is 2.65. The first-order chi connectivity index (χ1) is 10.7. The molecule has 1 atom stereocenters. The average Bonchev–Trinajstić information content (AvgIpc) is 2.48. The second-order valence-corrected chi connectivity index (χ2v) is 4.52. The van der Waals surface area contributed by atoms with Crippen molar-refractivity contribution < 1.29 is 32.6 Å². The number of allylic oxidation sites excluding steroid dienone is 1. The Kier molecular flexibility index (Phi) is 6.55. The molecule has 1 unspecified atom stereocenters. The maximum absolute atomic E-state index is 12.0. The summed E-state index contributed by atoms with van der Waals surface area (Å²) in [6.07, 6.45) is -1.38. The summed E-state index contributed by atoms with van der Waals surface area (Å²) in [4.78, 5) is 26.5. The number of pyridine rings is 1. The first-order valence-corrected chi connectivity index (χ1v) is 6.53. The van der Waals surface area contributed by atoms with E-state index in [-0.39, 0.29) is 17.9 Å². The Morgan fingerprint density at radius 3 is 2.61 bits per heavy atom. The molecule has 1 aromatic rings. The van der Waals surface area contributed by atoms with Gasteiger partial charge in [0.05, 0.1) is 5.56 Å². The third-order valence-corrected chi connectivity index (χ3v) is 2.65. The quantitative estimate of drug-likeness (QED) is 0.712. The van der Waals surface area contributed by atoms with Gasteiger partial charge in [-0.05, 0) is 18.9 Å². The molecule has 0 fully saturated rings. The van der Waals surface area contributed by atoms with E-state index in [4.69, 9.17) is 5.11 Å². The molecule has 1 heterocycles. The molecular formula is C14H15F3N2O4. The van der Waals surface area contributed by atoms with Gasteiger partial charge in [0.1, 0.15) is 6.04 Å². The van der Waals surface area contributed by atoms with Crippen molar-refractivity contribution >= 4 is 11.9 Å². The first kappa shape index (κ1) is 18.5. The molecule has 0 saturated carbocycles. The van der Waals surface area contributed by atoms with E-state index in [0.29, 0.717) is 6.42 Å². The number of carboxylic acid groups (broad SMARTS) is 1. The van der Waals surface area contributed by atoms with E-state index in [2.05, 4.69) is 21.6 Å². The molecule has 0 radical (unpaired) electrons. The van der Waals surface area contributed by atoms with Crippen LogP contribution in [0.15, 0.2) is 31.0 Å². The molecule has 2 N–H and O–H groups in total. The van der Waals surface area contributed by atoms with Crippen LogP contribution < -0.4 is 10.1 Å². The molecule has 9 heteroatoms. The number of rotatable bonds is 8. The van der Waals surface area contributed by atoms with Gasteiger partial charge >= 0.3 is 12.1 Å². The molecule has 1 rings (SSSR count). The van der Waals surface area contributed by atoms with Crippen molar-refractivity contribution in [2.45, 2.75) is 25.1 Å². The lowest BCUT2D eigenvalue weighted by Gasteiger charge is -2.13. The summed E-state index contributed by atoms with van der Waals surface area (Å²) in [5, 5.41) is 11.3. The lowest BCUT2D eigenvalue weighted by molar-refractivity contribution is -0.154. The summed E-state index contributed by atoms with van der Waals surface area (Å²) in [7, 11) is 0. The number of carbonyl (C=O) groups excluding carboxylic acids is 1. The summed E-state index contributed by atoms with van der Waals surface area (Å²) in [5.74, 6) is -2.19. The maximum atomic E-state index is 12.0. The minimum atomic E-state index is -4.49. The third kappa shape index (κ3) is 6.81. The van der Waals surface area contributed by atoms with E-state index in [9.17, 15) is 22.8 Å². The van der Waals surface area contributed by atoms with E-state index in [1.807, 2.05) is 0 Å². The van der Waals surface area contributed by atoms with Crippen LogP contribution >= 0.6 is 0 Å². The fraction of sp³-hybridized carbons (Fsp3) is 0.357. The summed E-state index contributed by atoms with van der Waals surface area (Å²) in [6, 6.07) is 1.20. The fourth-order valence-electron chi connectivity index (χ4n) is 1.54. The van der Waals surface area contributed by atoms with Crippen LogP contribution in [0, 0.1) is 0 Å². The van der Waals surface area contributed by atoms with Crippen molar-refractivity contribution in [2.75, 3.05) is 6.61 Å². The van der Waals surface area contributed by atoms with Gasteiger partial charge in [0.15, 0.2) is 6.61 Å². The number of alkyl halides is 3. The van der Waals surface area contributed by atoms with Crippen molar-refractivity contribution in [1.29, 1.82) is 0 Å². The Labute approximate surface area is 130 Å². The summed E-state index contributed by atoms with van der Waals surface area (Å²) in [5.41, 5.74) is 0.00853. The van der Waals surface area contributed by atoms with Crippen molar-refractivity contribution in [2.24, 2.45) is 0 Å². The maximum Gasteiger partial charge on any atom is 0.422 e. The molecule has 0 spiro atoms. The van der Waals surface area contributed by atoms with E-state index in [0.717, 1.165) is 12.3 Å². The molecule has 0 aliphatic heterocycles. The SMILES string of the molecule is C=CCCC(NC(=O)c1ccc(OCC(F)(F)F)nc1)C(=O)O. The van der Waals surface area contributed by atoms with E-state index in [1.165, 1.54) is 12.1 Å². The zero-order chi connectivity index (χ0) is 17.5. The normalized spacial score (nSPS) is 12.3. The van der Waals surface area contributed by atoms with Crippen LogP contribution in [-0.2, 0) is 4.79 Å². The predicted octanol–water partition coefficient (Wildman–Crippen LogP) is 2.17. The van der Waals surface area contributed by atoms with Gasteiger partial charge in [-0.1, -0.05) is 6.08 Å². The lowest BCUT2D eigenvalue weighted by Crippen LogP contribution is -2.40.